The summed E-state index contributed by atoms with van der Waals surface area (Å²) in [5, 5.41) is 7.35. The normalized spacial score (nSPS) is 14.1. The molecule has 0 radical (unpaired) electrons. The third-order valence-corrected chi connectivity index (χ3v) is 4.70. The van der Waals surface area contributed by atoms with E-state index in [1.54, 1.807) is 11.8 Å². The van der Waals surface area contributed by atoms with Crippen molar-refractivity contribution in [1.82, 2.24) is 15.5 Å². The van der Waals surface area contributed by atoms with E-state index in [-0.39, 0.29) is 5.92 Å². The monoisotopic (exact) mass is 305 g/mol. The Hall–Kier alpha value is -1.33. The molecule has 0 spiro atoms. The molecule has 2 aromatic rings. The maximum Gasteiger partial charge on any atom is 0.231 e. The Labute approximate surface area is 130 Å². The molecule has 21 heavy (non-hydrogen) atoms. The lowest BCUT2D eigenvalue weighted by Crippen LogP contribution is -2.28. The predicted octanol–water partition coefficient (Wildman–Crippen LogP) is 3.77. The maximum absolute atomic E-state index is 5.43. The SMILES string of the molecule is CCC(c1nc(CSc2ccc(C)cc2)no1)C(C)NC. The molecule has 0 amide bonds. The quantitative estimate of drug-likeness (QED) is 0.789. The molecule has 0 aliphatic rings. The Morgan fingerprint density at radius 3 is 2.62 bits per heavy atom. The molecule has 1 heterocycles. The van der Waals surface area contributed by atoms with E-state index in [4.69, 9.17) is 4.52 Å². The number of hydrogen-bond acceptors (Lipinski definition) is 5. The highest BCUT2D eigenvalue weighted by molar-refractivity contribution is 7.98. The molecule has 0 saturated heterocycles. The second-order valence-electron chi connectivity index (χ2n) is 5.24. The number of nitrogens with zero attached hydrogens (tertiary/aromatic N) is 2. The summed E-state index contributed by atoms with van der Waals surface area (Å²) in [6.07, 6.45) is 0.981. The molecule has 0 aliphatic heterocycles. The van der Waals surface area contributed by atoms with E-state index in [1.165, 1.54) is 10.5 Å². The molecule has 1 N–H and O–H groups in total. The van der Waals surface area contributed by atoms with E-state index in [9.17, 15) is 0 Å². The van der Waals surface area contributed by atoms with E-state index in [1.807, 2.05) is 7.05 Å². The highest BCUT2D eigenvalue weighted by Crippen LogP contribution is 2.25. The van der Waals surface area contributed by atoms with E-state index in [0.29, 0.717) is 6.04 Å². The fraction of sp³-hybridized carbons (Fsp3) is 0.500. The van der Waals surface area contributed by atoms with Crippen molar-refractivity contribution in [3.05, 3.63) is 41.5 Å². The summed E-state index contributed by atoms with van der Waals surface area (Å²) in [5.74, 6) is 2.49. The zero-order valence-corrected chi connectivity index (χ0v) is 13.9. The van der Waals surface area contributed by atoms with Gasteiger partial charge in [0.25, 0.3) is 0 Å². The Bertz CT molecular complexity index is 553. The third kappa shape index (κ3) is 4.32. The predicted molar refractivity (Wildman–Crippen MR) is 86.6 cm³/mol. The summed E-state index contributed by atoms with van der Waals surface area (Å²) < 4.78 is 5.43. The summed E-state index contributed by atoms with van der Waals surface area (Å²) in [7, 11) is 1.96. The van der Waals surface area contributed by atoms with Gasteiger partial charge in [-0.2, -0.15) is 4.98 Å². The van der Waals surface area contributed by atoms with Gasteiger partial charge in [0.05, 0.1) is 11.7 Å². The second-order valence-corrected chi connectivity index (χ2v) is 6.29. The van der Waals surface area contributed by atoms with Crippen molar-refractivity contribution in [2.24, 2.45) is 0 Å². The van der Waals surface area contributed by atoms with Crippen molar-refractivity contribution in [1.29, 1.82) is 0 Å². The number of rotatable bonds is 7. The fourth-order valence-electron chi connectivity index (χ4n) is 2.20. The van der Waals surface area contributed by atoms with E-state index in [0.717, 1.165) is 23.9 Å². The maximum atomic E-state index is 5.43. The minimum atomic E-state index is 0.264. The highest BCUT2D eigenvalue weighted by Gasteiger charge is 2.22. The molecule has 2 unspecified atom stereocenters. The minimum Gasteiger partial charge on any atom is -0.339 e. The van der Waals surface area contributed by atoms with Crippen molar-refractivity contribution in [2.45, 2.75) is 49.8 Å². The van der Waals surface area contributed by atoms with Crippen molar-refractivity contribution in [3.8, 4) is 0 Å². The molecule has 0 fully saturated rings. The first-order chi connectivity index (χ1) is 10.1. The van der Waals surface area contributed by atoms with E-state index < -0.39 is 0 Å². The smallest absolute Gasteiger partial charge is 0.231 e. The average molecular weight is 305 g/mol. The first-order valence-electron chi connectivity index (χ1n) is 7.33. The summed E-state index contributed by atoms with van der Waals surface area (Å²) >= 11 is 1.73. The van der Waals surface area contributed by atoms with Gasteiger partial charge in [-0.05, 0) is 39.4 Å². The Balaban J connectivity index is 1.98. The Kier molecular flexibility index (Phi) is 5.82. The third-order valence-electron chi connectivity index (χ3n) is 3.69. The van der Waals surface area contributed by atoms with Crippen LogP contribution >= 0.6 is 11.8 Å². The van der Waals surface area contributed by atoms with Gasteiger partial charge in [-0.3, -0.25) is 0 Å². The van der Waals surface area contributed by atoms with Gasteiger partial charge < -0.3 is 9.84 Å². The van der Waals surface area contributed by atoms with Crippen molar-refractivity contribution in [2.75, 3.05) is 7.05 Å². The van der Waals surface area contributed by atoms with Gasteiger partial charge in [0, 0.05) is 10.9 Å². The molecular formula is C16H23N3OS. The first-order valence-corrected chi connectivity index (χ1v) is 8.31. The molecule has 2 rings (SSSR count). The first kappa shape index (κ1) is 16.0. The van der Waals surface area contributed by atoms with Gasteiger partial charge >= 0.3 is 0 Å². The van der Waals surface area contributed by atoms with Gasteiger partial charge in [0.1, 0.15) is 0 Å². The fourth-order valence-corrected chi connectivity index (χ4v) is 2.94. The number of likely N-dealkylation sites (N-methyl/N-ethyl adjacent to an activating group) is 1. The van der Waals surface area contributed by atoms with Gasteiger partial charge in [0.15, 0.2) is 5.82 Å². The van der Waals surface area contributed by atoms with Crippen molar-refractivity contribution < 1.29 is 4.52 Å². The van der Waals surface area contributed by atoms with Crippen LogP contribution in [0, 0.1) is 6.92 Å². The number of hydrogen-bond donors (Lipinski definition) is 1. The van der Waals surface area contributed by atoms with Crippen LogP contribution in [0.15, 0.2) is 33.7 Å². The molecule has 114 valence electrons. The van der Waals surface area contributed by atoms with Crippen LogP contribution in [0.25, 0.3) is 0 Å². The molecule has 2 atom stereocenters. The summed E-state index contributed by atoms with van der Waals surface area (Å²) in [6.45, 7) is 6.37. The standard InChI is InChI=1S/C16H23N3OS/c1-5-14(12(3)17-4)16-18-15(19-20-16)10-21-13-8-6-11(2)7-9-13/h6-9,12,14,17H,5,10H2,1-4H3. The van der Waals surface area contributed by atoms with Crippen molar-refractivity contribution >= 4 is 11.8 Å². The molecule has 5 heteroatoms. The summed E-state index contributed by atoms with van der Waals surface area (Å²) in [4.78, 5) is 5.77. The highest BCUT2D eigenvalue weighted by atomic mass is 32.2. The van der Waals surface area contributed by atoms with Crippen molar-refractivity contribution in [3.63, 3.8) is 0 Å². The lowest BCUT2D eigenvalue weighted by Gasteiger charge is -2.17. The van der Waals surface area contributed by atoms with Gasteiger partial charge in [-0.1, -0.05) is 29.8 Å². The van der Waals surface area contributed by atoms with Crippen LogP contribution in [-0.4, -0.2) is 23.2 Å². The number of aryl methyl sites for hydroxylation is 1. The van der Waals surface area contributed by atoms with Crippen LogP contribution in [0.2, 0.25) is 0 Å². The molecule has 4 nitrogen and oxygen atoms in total. The van der Waals surface area contributed by atoms with Gasteiger partial charge in [-0.25, -0.2) is 0 Å². The zero-order valence-electron chi connectivity index (χ0n) is 13.1. The van der Waals surface area contributed by atoms with Crippen LogP contribution in [0.4, 0.5) is 0 Å². The topological polar surface area (TPSA) is 51.0 Å². The number of aromatic nitrogens is 2. The number of nitrogens with one attached hydrogen (secondary N) is 1. The second kappa shape index (κ2) is 7.61. The molecule has 1 aromatic carbocycles. The molecule has 1 aromatic heterocycles. The summed E-state index contributed by atoms with van der Waals surface area (Å²) in [6, 6.07) is 8.81. The molecular weight excluding hydrogens is 282 g/mol. The average Bonchev–Trinajstić information content (AvgIpc) is 2.96. The number of thioether (sulfide) groups is 1. The van der Waals surface area contributed by atoms with Gasteiger partial charge in [0.2, 0.25) is 5.89 Å². The van der Waals surface area contributed by atoms with Crippen LogP contribution in [0.1, 0.15) is 43.5 Å². The molecule has 0 saturated carbocycles. The Morgan fingerprint density at radius 2 is 2.00 bits per heavy atom. The molecule has 0 aliphatic carbocycles. The van der Waals surface area contributed by atoms with E-state index >= 15 is 0 Å². The van der Waals surface area contributed by atoms with Crippen LogP contribution < -0.4 is 5.32 Å². The minimum absolute atomic E-state index is 0.264. The lowest BCUT2D eigenvalue weighted by molar-refractivity contribution is 0.320. The van der Waals surface area contributed by atoms with Gasteiger partial charge in [-0.15, -0.1) is 11.8 Å². The lowest BCUT2D eigenvalue weighted by atomic mass is 9.98. The van der Waals surface area contributed by atoms with Crippen LogP contribution in [0.5, 0.6) is 0 Å². The van der Waals surface area contributed by atoms with E-state index in [2.05, 4.69) is 60.5 Å². The van der Waals surface area contributed by atoms with Crippen LogP contribution in [0.3, 0.4) is 0 Å². The van der Waals surface area contributed by atoms with Crippen LogP contribution in [-0.2, 0) is 5.75 Å². The largest absolute Gasteiger partial charge is 0.339 e. The molecule has 0 bridgehead atoms. The Morgan fingerprint density at radius 1 is 1.29 bits per heavy atom. The number of benzene rings is 1. The summed E-state index contributed by atoms with van der Waals surface area (Å²) in [5.41, 5.74) is 1.27. The zero-order chi connectivity index (χ0) is 15.2.